The second kappa shape index (κ2) is 6.75. The van der Waals surface area contributed by atoms with Gasteiger partial charge in [0, 0.05) is 13.1 Å². The first-order chi connectivity index (χ1) is 9.70. The Hall–Kier alpha value is -1.83. The van der Waals surface area contributed by atoms with E-state index in [9.17, 15) is 18.5 Å². The Kier molecular flexibility index (Phi) is 5.54. The third-order valence-electron chi connectivity index (χ3n) is 3.20. The molecule has 0 bridgehead atoms. The highest BCUT2D eigenvalue weighted by atomic mass is 32.2. The Morgan fingerprint density at radius 2 is 1.90 bits per heavy atom. The molecule has 0 heterocycles. The second-order valence-electron chi connectivity index (χ2n) is 4.70. The molecule has 0 saturated carbocycles. The van der Waals surface area contributed by atoms with Crippen LogP contribution < -0.4 is 9.04 Å². The van der Waals surface area contributed by atoms with Crippen LogP contribution >= 0.6 is 0 Å². The van der Waals surface area contributed by atoms with E-state index >= 15 is 0 Å². The van der Waals surface area contributed by atoms with Gasteiger partial charge in [0.15, 0.2) is 5.75 Å². The summed E-state index contributed by atoms with van der Waals surface area (Å²) in [5, 5.41) is 10.9. The summed E-state index contributed by atoms with van der Waals surface area (Å²) in [4.78, 5) is 10.3. The molecule has 0 fully saturated rings. The number of nitro groups is 1. The molecule has 1 aromatic carbocycles. The van der Waals surface area contributed by atoms with E-state index in [-0.39, 0.29) is 23.2 Å². The van der Waals surface area contributed by atoms with Crippen LogP contribution in [-0.4, -0.2) is 32.7 Å². The Labute approximate surface area is 124 Å². The fraction of sp³-hybridized carbons (Fsp3) is 0.538. The van der Waals surface area contributed by atoms with E-state index in [1.807, 2.05) is 13.8 Å². The van der Waals surface area contributed by atoms with E-state index in [2.05, 4.69) is 0 Å². The standard InChI is InChI=1S/C13H20N2O5S/c1-5-11(6-2)20-13-9-10(15(16)17)7-8-12(13)14(3)21(4,18)19/h7-9,11H,5-6H2,1-4H3. The van der Waals surface area contributed by atoms with Gasteiger partial charge in [-0.15, -0.1) is 0 Å². The number of nitro benzene ring substituents is 1. The molecule has 0 spiro atoms. The maximum atomic E-state index is 11.7. The Bertz CT molecular complexity index is 611. The van der Waals surface area contributed by atoms with Crippen LogP contribution in [-0.2, 0) is 10.0 Å². The third kappa shape index (κ3) is 4.32. The zero-order chi connectivity index (χ0) is 16.2. The van der Waals surface area contributed by atoms with Crippen molar-refractivity contribution >= 4 is 21.4 Å². The van der Waals surface area contributed by atoms with Crippen molar-refractivity contribution in [1.82, 2.24) is 0 Å². The van der Waals surface area contributed by atoms with Crippen LogP contribution in [0.5, 0.6) is 5.75 Å². The molecule has 0 amide bonds. The zero-order valence-electron chi connectivity index (χ0n) is 12.6. The van der Waals surface area contributed by atoms with E-state index in [1.54, 1.807) is 0 Å². The maximum absolute atomic E-state index is 11.7. The molecule has 0 atom stereocenters. The van der Waals surface area contributed by atoms with E-state index in [4.69, 9.17) is 4.74 Å². The van der Waals surface area contributed by atoms with Gasteiger partial charge in [-0.3, -0.25) is 14.4 Å². The van der Waals surface area contributed by atoms with Gasteiger partial charge in [0.25, 0.3) is 5.69 Å². The molecule has 0 aliphatic heterocycles. The van der Waals surface area contributed by atoms with Crippen LogP contribution in [0.3, 0.4) is 0 Å². The fourth-order valence-electron chi connectivity index (χ4n) is 1.78. The molecule has 0 saturated heterocycles. The average molecular weight is 316 g/mol. The van der Waals surface area contributed by atoms with Crippen molar-refractivity contribution in [2.24, 2.45) is 0 Å². The number of rotatable bonds is 7. The van der Waals surface area contributed by atoms with Crippen LogP contribution in [0.4, 0.5) is 11.4 Å². The van der Waals surface area contributed by atoms with Gasteiger partial charge in [-0.2, -0.15) is 0 Å². The SMILES string of the molecule is CCC(CC)Oc1cc([N+](=O)[O-])ccc1N(C)S(C)(=O)=O. The topological polar surface area (TPSA) is 89.8 Å². The van der Waals surface area contributed by atoms with Crippen LogP contribution in [0.15, 0.2) is 18.2 Å². The summed E-state index contributed by atoms with van der Waals surface area (Å²) in [5.41, 5.74) is 0.150. The van der Waals surface area contributed by atoms with Crippen LogP contribution in [0.1, 0.15) is 26.7 Å². The van der Waals surface area contributed by atoms with E-state index in [0.717, 1.165) is 23.4 Å². The summed E-state index contributed by atoms with van der Waals surface area (Å²) in [5.74, 6) is 0.200. The van der Waals surface area contributed by atoms with Crippen LogP contribution in [0.25, 0.3) is 0 Å². The lowest BCUT2D eigenvalue weighted by molar-refractivity contribution is -0.384. The largest absolute Gasteiger partial charge is 0.488 e. The summed E-state index contributed by atoms with van der Waals surface area (Å²) in [6, 6.07) is 3.91. The third-order valence-corrected chi connectivity index (χ3v) is 4.39. The summed E-state index contributed by atoms with van der Waals surface area (Å²) in [6.07, 6.45) is 2.39. The smallest absolute Gasteiger partial charge is 0.273 e. The number of non-ortho nitro benzene ring substituents is 1. The number of hydrogen-bond donors (Lipinski definition) is 0. The number of anilines is 1. The van der Waals surface area contributed by atoms with E-state index < -0.39 is 14.9 Å². The average Bonchev–Trinajstić information content (AvgIpc) is 2.42. The molecule has 0 aliphatic rings. The maximum Gasteiger partial charge on any atom is 0.273 e. The summed E-state index contributed by atoms with van der Waals surface area (Å²) >= 11 is 0. The Morgan fingerprint density at radius 3 is 2.33 bits per heavy atom. The molecule has 0 aromatic heterocycles. The number of ether oxygens (including phenoxy) is 1. The predicted octanol–water partition coefficient (Wildman–Crippen LogP) is 2.56. The molecular formula is C13H20N2O5S. The van der Waals surface area contributed by atoms with Gasteiger partial charge in [-0.25, -0.2) is 8.42 Å². The first-order valence-electron chi connectivity index (χ1n) is 6.59. The zero-order valence-corrected chi connectivity index (χ0v) is 13.4. The minimum absolute atomic E-state index is 0.126. The Morgan fingerprint density at radius 1 is 1.33 bits per heavy atom. The van der Waals surface area contributed by atoms with Crippen LogP contribution in [0, 0.1) is 10.1 Å². The van der Waals surface area contributed by atoms with Crippen molar-refractivity contribution in [1.29, 1.82) is 0 Å². The Balaban J connectivity index is 3.32. The highest BCUT2D eigenvalue weighted by Crippen LogP contribution is 2.34. The number of nitrogens with zero attached hydrogens (tertiary/aromatic N) is 2. The second-order valence-corrected chi connectivity index (χ2v) is 6.71. The van der Waals surface area contributed by atoms with Gasteiger partial charge in [0.05, 0.1) is 29.0 Å². The molecule has 0 aliphatic carbocycles. The highest BCUT2D eigenvalue weighted by Gasteiger charge is 2.21. The molecule has 8 heteroatoms. The van der Waals surface area contributed by atoms with Gasteiger partial charge in [0.1, 0.15) is 0 Å². The molecule has 21 heavy (non-hydrogen) atoms. The summed E-state index contributed by atoms with van der Waals surface area (Å²) in [7, 11) is -2.09. The number of hydrogen-bond acceptors (Lipinski definition) is 5. The van der Waals surface area contributed by atoms with Gasteiger partial charge < -0.3 is 4.74 Å². The number of benzene rings is 1. The summed E-state index contributed by atoms with van der Waals surface area (Å²) in [6.45, 7) is 3.87. The monoisotopic (exact) mass is 316 g/mol. The van der Waals surface area contributed by atoms with Crippen molar-refractivity contribution < 1.29 is 18.1 Å². The normalized spacial score (nSPS) is 11.5. The first kappa shape index (κ1) is 17.2. The predicted molar refractivity (Wildman–Crippen MR) is 81.3 cm³/mol. The van der Waals surface area contributed by atoms with Gasteiger partial charge in [-0.1, -0.05) is 13.8 Å². The van der Waals surface area contributed by atoms with Gasteiger partial charge in [-0.05, 0) is 18.9 Å². The van der Waals surface area contributed by atoms with Crippen molar-refractivity contribution in [2.75, 3.05) is 17.6 Å². The van der Waals surface area contributed by atoms with Crippen molar-refractivity contribution in [2.45, 2.75) is 32.8 Å². The molecular weight excluding hydrogens is 296 g/mol. The molecule has 0 radical (unpaired) electrons. The minimum atomic E-state index is -3.48. The first-order valence-corrected chi connectivity index (χ1v) is 8.44. The molecule has 0 N–H and O–H groups in total. The molecule has 1 rings (SSSR count). The molecule has 118 valence electrons. The molecule has 7 nitrogen and oxygen atoms in total. The van der Waals surface area contributed by atoms with Gasteiger partial charge in [0.2, 0.25) is 10.0 Å². The van der Waals surface area contributed by atoms with Gasteiger partial charge >= 0.3 is 0 Å². The lowest BCUT2D eigenvalue weighted by atomic mass is 10.2. The fourth-order valence-corrected chi connectivity index (χ4v) is 2.29. The van der Waals surface area contributed by atoms with E-state index in [0.29, 0.717) is 0 Å². The highest BCUT2D eigenvalue weighted by molar-refractivity contribution is 7.92. The van der Waals surface area contributed by atoms with Crippen molar-refractivity contribution in [3.05, 3.63) is 28.3 Å². The molecule has 1 aromatic rings. The summed E-state index contributed by atoms with van der Waals surface area (Å²) < 4.78 is 30.1. The number of sulfonamides is 1. The van der Waals surface area contributed by atoms with Crippen molar-refractivity contribution in [3.8, 4) is 5.75 Å². The minimum Gasteiger partial charge on any atom is -0.488 e. The lowest BCUT2D eigenvalue weighted by Gasteiger charge is -2.23. The molecule has 0 unspecified atom stereocenters. The van der Waals surface area contributed by atoms with E-state index in [1.165, 1.54) is 25.2 Å². The van der Waals surface area contributed by atoms with Crippen LogP contribution in [0.2, 0.25) is 0 Å². The quantitative estimate of drug-likeness (QED) is 0.569. The lowest BCUT2D eigenvalue weighted by Crippen LogP contribution is -2.26. The van der Waals surface area contributed by atoms with Crippen molar-refractivity contribution in [3.63, 3.8) is 0 Å².